The van der Waals surface area contributed by atoms with Gasteiger partial charge in [0.05, 0.1) is 23.3 Å². The topological polar surface area (TPSA) is 55.6 Å². The molecule has 0 saturated carbocycles. The van der Waals surface area contributed by atoms with Crippen LogP contribution in [-0.2, 0) is 4.79 Å². The normalized spacial score (nSPS) is 20.1. The van der Waals surface area contributed by atoms with Crippen LogP contribution in [0.25, 0.3) is 0 Å². The van der Waals surface area contributed by atoms with Crippen molar-refractivity contribution < 1.29 is 9.53 Å². The molecule has 0 bridgehead atoms. The molecule has 1 unspecified atom stereocenters. The number of carbonyl (C=O) groups excluding carboxylic acids is 1. The molecule has 1 fully saturated rings. The molecule has 0 aromatic heterocycles. The Hall–Kier alpha value is -0.590. The molecule has 1 atom stereocenters. The van der Waals surface area contributed by atoms with Crippen LogP contribution in [0.1, 0.15) is 12.8 Å². The molecule has 1 aliphatic heterocycles. The molecule has 98 valence electrons. The molecule has 6 heteroatoms. The minimum Gasteiger partial charge on any atom is -0.495 e. The van der Waals surface area contributed by atoms with Gasteiger partial charge in [0.15, 0.2) is 0 Å². The van der Waals surface area contributed by atoms with E-state index in [0.29, 0.717) is 12.3 Å². The Labute approximate surface area is 123 Å². The number of amides is 1. The molecule has 0 aliphatic carbocycles. The quantitative estimate of drug-likeness (QED) is 0.861. The van der Waals surface area contributed by atoms with Crippen LogP contribution in [0, 0.1) is 0 Å². The van der Waals surface area contributed by atoms with E-state index in [9.17, 15) is 4.79 Å². The standard InChI is InChI=1S/C12H14Br2N2O2/c1-18-11-6-10(7(13)5-8(11)14)16-4-2-3-9(15)12(16)17/h5-6,9H,2-4,15H2,1H3. The van der Waals surface area contributed by atoms with E-state index in [-0.39, 0.29) is 5.91 Å². The molecule has 0 radical (unpaired) electrons. The second-order valence-corrected chi connectivity index (χ2v) is 5.89. The summed E-state index contributed by atoms with van der Waals surface area (Å²) in [5.41, 5.74) is 6.61. The number of hydrogen-bond acceptors (Lipinski definition) is 3. The van der Waals surface area contributed by atoms with Gasteiger partial charge in [-0.15, -0.1) is 0 Å². The highest BCUT2D eigenvalue weighted by Crippen LogP contribution is 2.37. The highest BCUT2D eigenvalue weighted by atomic mass is 79.9. The minimum atomic E-state index is -0.403. The van der Waals surface area contributed by atoms with Crippen LogP contribution in [0.5, 0.6) is 5.75 Å². The van der Waals surface area contributed by atoms with E-state index in [1.54, 1.807) is 12.0 Å². The molecule has 2 N–H and O–H groups in total. The second kappa shape index (κ2) is 5.59. The van der Waals surface area contributed by atoms with Crippen LogP contribution < -0.4 is 15.4 Å². The molecule has 4 nitrogen and oxygen atoms in total. The van der Waals surface area contributed by atoms with Crippen LogP contribution in [0.15, 0.2) is 21.1 Å². The number of halogens is 2. The Kier molecular flexibility index (Phi) is 4.29. The van der Waals surface area contributed by atoms with Gasteiger partial charge in [-0.2, -0.15) is 0 Å². The maximum absolute atomic E-state index is 12.1. The van der Waals surface area contributed by atoms with Gasteiger partial charge in [-0.05, 0) is 50.8 Å². The van der Waals surface area contributed by atoms with Crippen molar-refractivity contribution in [2.24, 2.45) is 5.73 Å². The molecule has 1 aromatic rings. The number of rotatable bonds is 2. The van der Waals surface area contributed by atoms with Crippen LogP contribution in [0.4, 0.5) is 5.69 Å². The van der Waals surface area contributed by atoms with Crippen LogP contribution in [0.3, 0.4) is 0 Å². The predicted molar refractivity (Wildman–Crippen MR) is 78.0 cm³/mol. The highest BCUT2D eigenvalue weighted by Gasteiger charge is 2.28. The fourth-order valence-corrected chi connectivity index (χ4v) is 3.39. The third-order valence-corrected chi connectivity index (χ3v) is 4.25. The van der Waals surface area contributed by atoms with Gasteiger partial charge in [0, 0.05) is 17.1 Å². The molecular weight excluding hydrogens is 364 g/mol. The summed E-state index contributed by atoms with van der Waals surface area (Å²) in [5, 5.41) is 0. The summed E-state index contributed by atoms with van der Waals surface area (Å²) in [7, 11) is 1.60. The third kappa shape index (κ3) is 2.55. The first kappa shape index (κ1) is 13.8. The Morgan fingerprint density at radius 1 is 1.39 bits per heavy atom. The monoisotopic (exact) mass is 376 g/mol. The number of anilines is 1. The maximum atomic E-state index is 12.1. The summed E-state index contributed by atoms with van der Waals surface area (Å²) in [5.74, 6) is 0.659. The molecule has 0 spiro atoms. The lowest BCUT2D eigenvalue weighted by molar-refractivity contribution is -0.120. The number of methoxy groups -OCH3 is 1. The SMILES string of the molecule is COc1cc(N2CCCC(N)C2=O)c(Br)cc1Br. The van der Waals surface area contributed by atoms with Crippen molar-refractivity contribution in [2.45, 2.75) is 18.9 Å². The zero-order valence-electron chi connectivity index (χ0n) is 9.95. The van der Waals surface area contributed by atoms with Gasteiger partial charge in [-0.3, -0.25) is 4.79 Å². The Bertz CT molecular complexity index is 479. The minimum absolute atomic E-state index is 0.0358. The number of benzene rings is 1. The summed E-state index contributed by atoms with van der Waals surface area (Å²) < 4.78 is 6.94. The van der Waals surface area contributed by atoms with E-state index >= 15 is 0 Å². The number of nitrogens with two attached hydrogens (primary N) is 1. The third-order valence-electron chi connectivity index (χ3n) is 2.99. The smallest absolute Gasteiger partial charge is 0.243 e. The van der Waals surface area contributed by atoms with Gasteiger partial charge in [0.25, 0.3) is 0 Å². The Morgan fingerprint density at radius 2 is 2.11 bits per heavy atom. The van der Waals surface area contributed by atoms with Crippen LogP contribution in [-0.4, -0.2) is 25.6 Å². The average molecular weight is 378 g/mol. The number of hydrogen-bond donors (Lipinski definition) is 1. The van der Waals surface area contributed by atoms with E-state index in [4.69, 9.17) is 10.5 Å². The van der Waals surface area contributed by atoms with E-state index < -0.39 is 6.04 Å². The lowest BCUT2D eigenvalue weighted by atomic mass is 10.0. The van der Waals surface area contributed by atoms with Crippen molar-refractivity contribution in [1.29, 1.82) is 0 Å². The van der Waals surface area contributed by atoms with E-state index in [1.165, 1.54) is 0 Å². The van der Waals surface area contributed by atoms with Gasteiger partial charge in [0.1, 0.15) is 5.75 Å². The average Bonchev–Trinajstić information content (AvgIpc) is 2.34. The molecule has 1 saturated heterocycles. The second-order valence-electron chi connectivity index (χ2n) is 4.18. The van der Waals surface area contributed by atoms with Crippen molar-refractivity contribution in [3.63, 3.8) is 0 Å². The molecule has 1 amide bonds. The maximum Gasteiger partial charge on any atom is 0.243 e. The summed E-state index contributed by atoms with van der Waals surface area (Å²) in [6, 6.07) is 3.31. The first-order valence-electron chi connectivity index (χ1n) is 5.64. The van der Waals surface area contributed by atoms with E-state index in [0.717, 1.165) is 27.5 Å². The molecule has 2 rings (SSSR count). The summed E-state index contributed by atoms with van der Waals surface area (Å²) in [6.07, 6.45) is 1.67. The van der Waals surface area contributed by atoms with Crippen molar-refractivity contribution in [3.8, 4) is 5.75 Å². The molecule has 18 heavy (non-hydrogen) atoms. The van der Waals surface area contributed by atoms with Gasteiger partial charge >= 0.3 is 0 Å². The Morgan fingerprint density at radius 3 is 2.78 bits per heavy atom. The van der Waals surface area contributed by atoms with Crippen LogP contribution >= 0.6 is 31.9 Å². The van der Waals surface area contributed by atoms with Crippen molar-refractivity contribution in [1.82, 2.24) is 0 Å². The zero-order chi connectivity index (χ0) is 13.3. The number of carbonyl (C=O) groups is 1. The van der Waals surface area contributed by atoms with Gasteiger partial charge < -0.3 is 15.4 Å². The van der Waals surface area contributed by atoms with Crippen molar-refractivity contribution in [3.05, 3.63) is 21.1 Å². The predicted octanol–water partition coefficient (Wildman–Crippen LogP) is 2.67. The van der Waals surface area contributed by atoms with E-state index in [1.807, 2.05) is 12.1 Å². The van der Waals surface area contributed by atoms with Gasteiger partial charge in [0.2, 0.25) is 5.91 Å². The molecule has 1 aromatic carbocycles. The first-order chi connectivity index (χ1) is 8.54. The lowest BCUT2D eigenvalue weighted by Crippen LogP contribution is -2.48. The lowest BCUT2D eigenvalue weighted by Gasteiger charge is -2.31. The highest BCUT2D eigenvalue weighted by molar-refractivity contribution is 9.11. The number of ether oxygens (including phenoxy) is 1. The Balaban J connectivity index is 2.40. The molecular formula is C12H14Br2N2O2. The number of nitrogens with zero attached hydrogens (tertiary/aromatic N) is 1. The fourth-order valence-electron chi connectivity index (χ4n) is 2.02. The van der Waals surface area contributed by atoms with Crippen molar-refractivity contribution in [2.75, 3.05) is 18.6 Å². The van der Waals surface area contributed by atoms with Gasteiger partial charge in [-0.25, -0.2) is 0 Å². The number of piperidine rings is 1. The first-order valence-corrected chi connectivity index (χ1v) is 7.23. The molecule has 1 aliphatic rings. The summed E-state index contributed by atoms with van der Waals surface area (Å²) in [6.45, 7) is 0.690. The largest absolute Gasteiger partial charge is 0.495 e. The van der Waals surface area contributed by atoms with Gasteiger partial charge in [-0.1, -0.05) is 0 Å². The summed E-state index contributed by atoms with van der Waals surface area (Å²) >= 11 is 6.88. The van der Waals surface area contributed by atoms with Crippen molar-refractivity contribution >= 4 is 43.5 Å². The van der Waals surface area contributed by atoms with E-state index in [2.05, 4.69) is 31.9 Å². The molecule has 1 heterocycles. The summed E-state index contributed by atoms with van der Waals surface area (Å²) in [4.78, 5) is 13.8. The van der Waals surface area contributed by atoms with Crippen LogP contribution in [0.2, 0.25) is 0 Å². The fraction of sp³-hybridized carbons (Fsp3) is 0.417. The zero-order valence-corrected chi connectivity index (χ0v) is 13.1.